The van der Waals surface area contributed by atoms with Crippen LogP contribution in [0.1, 0.15) is 118 Å². The van der Waals surface area contributed by atoms with Gasteiger partial charge in [0.15, 0.2) is 0 Å². The summed E-state index contributed by atoms with van der Waals surface area (Å²) in [7, 11) is -2.51. The summed E-state index contributed by atoms with van der Waals surface area (Å²) in [6.45, 7) is 11.8. The molecule has 0 saturated carbocycles. The van der Waals surface area contributed by atoms with Crippen LogP contribution < -0.4 is 10.4 Å². The third-order valence-electron chi connectivity index (χ3n) is 7.43. The van der Waals surface area contributed by atoms with Crippen LogP contribution >= 0.6 is 0 Å². The first kappa shape index (κ1) is 30.6. The average molecular weight is 507 g/mol. The highest BCUT2D eigenvalue weighted by Gasteiger charge is 2.51. The van der Waals surface area contributed by atoms with Crippen LogP contribution in [-0.4, -0.2) is 14.4 Å². The van der Waals surface area contributed by atoms with Gasteiger partial charge >= 0.3 is 0 Å². The van der Waals surface area contributed by atoms with Crippen LogP contribution in [0.4, 0.5) is 0 Å². The molecular weight excluding hydrogens is 452 g/mol. The first-order chi connectivity index (χ1) is 17.5. The first-order valence-corrected chi connectivity index (χ1v) is 16.8. The molecule has 0 unspecified atom stereocenters. The van der Waals surface area contributed by atoms with Gasteiger partial charge in [-0.3, -0.25) is 0 Å². The minimum atomic E-state index is -2.51. The predicted molar refractivity (Wildman–Crippen MR) is 163 cm³/mol. The second-order valence-electron chi connectivity index (χ2n) is 11.5. The van der Waals surface area contributed by atoms with Crippen LogP contribution in [0, 0.1) is 0 Å². The summed E-state index contributed by atoms with van der Waals surface area (Å²) in [5, 5.41) is 2.80. The fourth-order valence-electron chi connectivity index (χ4n) is 5.37. The molecule has 0 fully saturated rings. The molecule has 200 valence electrons. The topological polar surface area (TPSA) is 9.23 Å². The zero-order valence-corrected chi connectivity index (χ0v) is 25.1. The van der Waals surface area contributed by atoms with Crippen molar-refractivity contribution in [1.82, 2.24) is 0 Å². The summed E-state index contributed by atoms with van der Waals surface area (Å²) in [6, 6.07) is 22.3. The lowest BCUT2D eigenvalue weighted by molar-refractivity contribution is 0.176. The molecule has 0 N–H and O–H groups in total. The minimum Gasteiger partial charge on any atom is -0.404 e. The van der Waals surface area contributed by atoms with Crippen LogP contribution in [-0.2, 0) is 4.43 Å². The second kappa shape index (κ2) is 17.0. The standard InChI is InChI=1S/C34H54OSi/c1-6-8-10-12-13-14-15-16-20-26-31(25-19-11-9-7-2)35-36(34(3,4)5,32-27-21-17-22-28-32)33-29-23-18-24-30-33/h16-18,20-24,27-31H,6-15,19,25-26H2,1-5H3/t31-/m1/s1. The maximum Gasteiger partial charge on any atom is 0.261 e. The summed E-state index contributed by atoms with van der Waals surface area (Å²) in [5.74, 6) is 0. The van der Waals surface area contributed by atoms with Gasteiger partial charge in [-0.1, -0.05) is 165 Å². The van der Waals surface area contributed by atoms with Gasteiger partial charge < -0.3 is 4.43 Å². The fourth-order valence-corrected chi connectivity index (χ4v) is 10.1. The lowest BCUT2D eigenvalue weighted by atomic mass is 10.1. The van der Waals surface area contributed by atoms with Crippen LogP contribution in [0.5, 0.6) is 0 Å². The number of benzene rings is 2. The highest BCUT2D eigenvalue weighted by atomic mass is 28.4. The molecule has 0 aliphatic heterocycles. The van der Waals surface area contributed by atoms with Gasteiger partial charge in [-0.2, -0.15) is 0 Å². The van der Waals surface area contributed by atoms with E-state index in [9.17, 15) is 0 Å². The average Bonchev–Trinajstić information content (AvgIpc) is 2.88. The van der Waals surface area contributed by atoms with Crippen molar-refractivity contribution < 1.29 is 4.43 Å². The van der Waals surface area contributed by atoms with Crippen LogP contribution in [0.25, 0.3) is 0 Å². The maximum absolute atomic E-state index is 7.51. The van der Waals surface area contributed by atoms with Crippen molar-refractivity contribution in [2.75, 3.05) is 0 Å². The van der Waals surface area contributed by atoms with E-state index in [1.807, 2.05) is 0 Å². The highest BCUT2D eigenvalue weighted by Crippen LogP contribution is 2.38. The summed E-state index contributed by atoms with van der Waals surface area (Å²) in [4.78, 5) is 0. The first-order valence-electron chi connectivity index (χ1n) is 14.9. The van der Waals surface area contributed by atoms with Crippen molar-refractivity contribution in [2.45, 2.75) is 129 Å². The smallest absolute Gasteiger partial charge is 0.261 e. The molecular formula is C34H54OSi. The molecule has 0 aromatic heterocycles. The Morgan fingerprint density at radius 1 is 0.667 bits per heavy atom. The van der Waals surface area contributed by atoms with E-state index in [1.54, 1.807) is 0 Å². The molecule has 0 bridgehead atoms. The molecule has 0 aliphatic carbocycles. The SMILES string of the molecule is CCCCCCCCC=CC[C@@H](CCCCCC)O[Si](c1ccccc1)(c1ccccc1)C(C)(C)C. The zero-order valence-electron chi connectivity index (χ0n) is 24.1. The van der Waals surface area contributed by atoms with Gasteiger partial charge in [-0.25, -0.2) is 0 Å². The van der Waals surface area contributed by atoms with Gasteiger partial charge in [0.25, 0.3) is 8.32 Å². The van der Waals surface area contributed by atoms with Crippen LogP contribution in [0.2, 0.25) is 5.04 Å². The van der Waals surface area contributed by atoms with Crippen LogP contribution in [0.3, 0.4) is 0 Å². The lowest BCUT2D eigenvalue weighted by Gasteiger charge is -2.45. The number of unbranched alkanes of at least 4 members (excludes halogenated alkanes) is 9. The van der Waals surface area contributed by atoms with Crippen molar-refractivity contribution in [3.05, 3.63) is 72.8 Å². The van der Waals surface area contributed by atoms with Gasteiger partial charge in [0.2, 0.25) is 0 Å². The number of allylic oxidation sites excluding steroid dienone is 1. The molecule has 1 nitrogen and oxygen atoms in total. The molecule has 0 aliphatic rings. The molecule has 2 heteroatoms. The molecule has 0 heterocycles. The van der Waals surface area contributed by atoms with E-state index in [0.29, 0.717) is 0 Å². The molecule has 2 aromatic rings. The second-order valence-corrected chi connectivity index (χ2v) is 15.8. The fraction of sp³-hybridized carbons (Fsp3) is 0.588. The Hall–Kier alpha value is -1.64. The van der Waals surface area contributed by atoms with E-state index in [4.69, 9.17) is 4.43 Å². The number of rotatable bonds is 18. The summed E-state index contributed by atoms with van der Waals surface area (Å²) < 4.78 is 7.51. The van der Waals surface area contributed by atoms with Crippen LogP contribution in [0.15, 0.2) is 72.8 Å². The lowest BCUT2D eigenvalue weighted by Crippen LogP contribution is -2.67. The van der Waals surface area contributed by atoms with Gasteiger partial charge in [0, 0.05) is 6.10 Å². The number of hydrogen-bond acceptors (Lipinski definition) is 1. The van der Waals surface area contributed by atoms with Gasteiger partial charge in [-0.05, 0) is 41.1 Å². The molecule has 0 spiro atoms. The van der Waals surface area contributed by atoms with E-state index in [0.717, 1.165) is 12.8 Å². The minimum absolute atomic E-state index is 0.0274. The quantitative estimate of drug-likeness (QED) is 0.111. The van der Waals surface area contributed by atoms with E-state index in [1.165, 1.54) is 81.0 Å². The van der Waals surface area contributed by atoms with E-state index in [2.05, 4.69) is 107 Å². The van der Waals surface area contributed by atoms with Crippen molar-refractivity contribution >= 4 is 18.7 Å². The van der Waals surface area contributed by atoms with E-state index >= 15 is 0 Å². The molecule has 1 atom stereocenters. The largest absolute Gasteiger partial charge is 0.404 e. The Morgan fingerprint density at radius 3 is 1.69 bits per heavy atom. The van der Waals surface area contributed by atoms with Gasteiger partial charge in [0.1, 0.15) is 0 Å². The third-order valence-corrected chi connectivity index (χ3v) is 12.5. The Kier molecular flexibility index (Phi) is 14.4. The molecule has 0 amide bonds. The molecule has 2 rings (SSSR count). The Morgan fingerprint density at radius 2 is 1.17 bits per heavy atom. The van der Waals surface area contributed by atoms with Crippen molar-refractivity contribution in [1.29, 1.82) is 0 Å². The third kappa shape index (κ3) is 9.67. The molecule has 0 saturated heterocycles. The number of hydrogen-bond donors (Lipinski definition) is 0. The zero-order chi connectivity index (χ0) is 26.1. The summed E-state index contributed by atoms with van der Waals surface area (Å²) in [6.07, 6.45) is 21.8. The molecule has 36 heavy (non-hydrogen) atoms. The van der Waals surface area contributed by atoms with Crippen molar-refractivity contribution in [3.63, 3.8) is 0 Å². The summed E-state index contributed by atoms with van der Waals surface area (Å²) >= 11 is 0. The highest BCUT2D eigenvalue weighted by molar-refractivity contribution is 6.99. The summed E-state index contributed by atoms with van der Waals surface area (Å²) in [5.41, 5.74) is 0. The van der Waals surface area contributed by atoms with E-state index in [-0.39, 0.29) is 11.1 Å². The Balaban J connectivity index is 2.23. The molecule has 2 aromatic carbocycles. The Labute approximate surface area is 224 Å². The monoisotopic (exact) mass is 506 g/mol. The van der Waals surface area contributed by atoms with Crippen molar-refractivity contribution in [2.24, 2.45) is 0 Å². The van der Waals surface area contributed by atoms with Crippen molar-refractivity contribution in [3.8, 4) is 0 Å². The Bertz CT molecular complexity index is 782. The van der Waals surface area contributed by atoms with E-state index < -0.39 is 8.32 Å². The normalized spacial score (nSPS) is 13.4. The molecule has 0 radical (unpaired) electrons. The predicted octanol–water partition coefficient (Wildman–Crippen LogP) is 9.60. The maximum atomic E-state index is 7.51. The van der Waals surface area contributed by atoms with Gasteiger partial charge in [0.05, 0.1) is 0 Å². The van der Waals surface area contributed by atoms with Gasteiger partial charge in [-0.15, -0.1) is 0 Å².